The molecule has 4 atom stereocenters. The van der Waals surface area contributed by atoms with Crippen molar-refractivity contribution in [3.63, 3.8) is 0 Å². The molecule has 0 amide bonds. The van der Waals surface area contributed by atoms with Crippen molar-refractivity contribution in [1.29, 1.82) is 0 Å². The van der Waals surface area contributed by atoms with Gasteiger partial charge >= 0.3 is 0 Å². The predicted molar refractivity (Wildman–Crippen MR) is 66.6 cm³/mol. The monoisotopic (exact) mass is 286 g/mol. The molecule has 20 heavy (non-hydrogen) atoms. The van der Waals surface area contributed by atoms with Gasteiger partial charge in [-0.2, -0.15) is 0 Å². The van der Waals surface area contributed by atoms with E-state index in [9.17, 15) is 35.4 Å². The first-order valence-corrected chi connectivity index (χ1v) is 6.38. The van der Waals surface area contributed by atoms with Gasteiger partial charge in [-0.25, -0.2) is 0 Å². The summed E-state index contributed by atoms with van der Waals surface area (Å²) >= 11 is 0. The van der Waals surface area contributed by atoms with Crippen LogP contribution in [0.3, 0.4) is 0 Å². The number of hydrogen-bond donors (Lipinski definition) is 6. The molecule has 7 nitrogen and oxygen atoms in total. The van der Waals surface area contributed by atoms with Gasteiger partial charge < -0.3 is 30.6 Å². The lowest BCUT2D eigenvalue weighted by atomic mass is 9.78. The van der Waals surface area contributed by atoms with E-state index in [2.05, 4.69) is 0 Å². The molecule has 0 aromatic heterocycles. The summed E-state index contributed by atoms with van der Waals surface area (Å²) in [7, 11) is 0. The predicted octanol–water partition coefficient (Wildman–Crippen LogP) is -1.85. The van der Waals surface area contributed by atoms with Gasteiger partial charge in [0.2, 0.25) is 0 Å². The third-order valence-corrected chi connectivity index (χ3v) is 3.78. The molecule has 7 heteroatoms. The molecule has 0 aliphatic heterocycles. The Kier molecular flexibility index (Phi) is 4.26. The van der Waals surface area contributed by atoms with Crippen molar-refractivity contribution in [2.24, 2.45) is 5.92 Å². The lowest BCUT2D eigenvalue weighted by Gasteiger charge is -2.33. The summed E-state index contributed by atoms with van der Waals surface area (Å²) in [5.74, 6) is -1.70. The Balaban J connectivity index is 2.14. The van der Waals surface area contributed by atoms with E-state index < -0.39 is 48.0 Å². The summed E-state index contributed by atoms with van der Waals surface area (Å²) in [6.07, 6.45) is -4.38. The topological polar surface area (TPSA) is 138 Å². The fraction of sp³-hybridized carbons (Fsp3) is 0.615. The third-order valence-electron chi connectivity index (χ3n) is 3.78. The molecular weight excluding hydrogens is 268 g/mol. The molecule has 4 unspecified atom stereocenters. The van der Waals surface area contributed by atoms with Gasteiger partial charge in [-0.1, -0.05) is 0 Å². The van der Waals surface area contributed by atoms with Crippen LogP contribution in [0.4, 0.5) is 0 Å². The Morgan fingerprint density at radius 3 is 2.10 bits per heavy atom. The molecule has 0 radical (unpaired) electrons. The van der Waals surface area contributed by atoms with Crippen LogP contribution < -0.4 is 0 Å². The van der Waals surface area contributed by atoms with E-state index in [1.165, 1.54) is 0 Å². The summed E-state index contributed by atoms with van der Waals surface area (Å²) in [6.45, 7) is 0. The van der Waals surface area contributed by atoms with E-state index in [0.717, 1.165) is 12.2 Å². The first kappa shape index (κ1) is 15.1. The number of aliphatic hydroxyl groups excluding tert-OH is 6. The molecule has 0 aromatic rings. The fourth-order valence-corrected chi connectivity index (χ4v) is 2.56. The van der Waals surface area contributed by atoms with Crippen molar-refractivity contribution >= 4 is 5.78 Å². The number of carbonyl (C=O) groups is 1. The van der Waals surface area contributed by atoms with E-state index in [0.29, 0.717) is 0 Å². The molecular formula is C13H18O7. The second-order valence-corrected chi connectivity index (χ2v) is 5.28. The van der Waals surface area contributed by atoms with Crippen LogP contribution in [-0.2, 0) is 4.79 Å². The zero-order valence-electron chi connectivity index (χ0n) is 10.6. The van der Waals surface area contributed by atoms with Gasteiger partial charge in [-0.3, -0.25) is 4.79 Å². The Morgan fingerprint density at radius 2 is 1.60 bits per heavy atom. The van der Waals surface area contributed by atoms with Crippen molar-refractivity contribution < 1.29 is 35.4 Å². The van der Waals surface area contributed by atoms with Gasteiger partial charge in [0.05, 0.1) is 12.2 Å². The molecule has 1 fully saturated rings. The van der Waals surface area contributed by atoms with Crippen LogP contribution in [0.2, 0.25) is 0 Å². The molecule has 2 aliphatic rings. The number of carbonyl (C=O) groups excluding carboxylic acids is 1. The van der Waals surface area contributed by atoms with Gasteiger partial charge in [0.1, 0.15) is 24.1 Å². The molecule has 0 saturated heterocycles. The van der Waals surface area contributed by atoms with E-state index in [-0.39, 0.29) is 18.4 Å². The minimum atomic E-state index is -1.46. The first-order chi connectivity index (χ1) is 9.31. The minimum absolute atomic E-state index is 0.0123. The normalized spacial score (nSPS) is 41.9. The quantitative estimate of drug-likeness (QED) is 0.350. The highest BCUT2D eigenvalue weighted by molar-refractivity contribution is 6.00. The number of hydrogen-bond acceptors (Lipinski definition) is 7. The number of rotatable bonds is 2. The van der Waals surface area contributed by atoms with Crippen molar-refractivity contribution in [3.05, 3.63) is 23.5 Å². The highest BCUT2D eigenvalue weighted by Crippen LogP contribution is 2.30. The van der Waals surface area contributed by atoms with Gasteiger partial charge in [0.15, 0.2) is 5.78 Å². The molecule has 112 valence electrons. The maximum absolute atomic E-state index is 12.2. The molecule has 0 aromatic carbocycles. The smallest absolute Gasteiger partial charge is 0.166 e. The number of ketones is 1. The highest BCUT2D eigenvalue weighted by Gasteiger charge is 2.39. The first-order valence-electron chi connectivity index (χ1n) is 6.38. The fourth-order valence-electron chi connectivity index (χ4n) is 2.56. The van der Waals surface area contributed by atoms with Crippen molar-refractivity contribution in [3.8, 4) is 0 Å². The number of Topliss-reactive ketones (excluding diaryl/α,β-unsaturated/α-hetero) is 1. The average Bonchev–Trinajstić information content (AvgIpc) is 2.40. The molecule has 1 saturated carbocycles. The van der Waals surface area contributed by atoms with E-state index in [4.69, 9.17) is 0 Å². The lowest BCUT2D eigenvalue weighted by Crippen LogP contribution is -2.46. The summed E-state index contributed by atoms with van der Waals surface area (Å²) < 4.78 is 0. The minimum Gasteiger partial charge on any atom is -0.509 e. The van der Waals surface area contributed by atoms with Gasteiger partial charge in [-0.15, -0.1) is 0 Å². The van der Waals surface area contributed by atoms with Crippen LogP contribution in [0, 0.1) is 5.92 Å². The van der Waals surface area contributed by atoms with Crippen LogP contribution >= 0.6 is 0 Å². The Hall–Kier alpha value is -1.25. The largest absolute Gasteiger partial charge is 0.509 e. The van der Waals surface area contributed by atoms with Crippen molar-refractivity contribution in [2.45, 2.75) is 43.4 Å². The summed E-state index contributed by atoms with van der Waals surface area (Å²) in [5.41, 5.74) is 0.0149. The standard InChI is InChI=1S/C13H18O7/c14-7-1-5(2-8(15)12(7)19)11(18)6-3-9(16)13(20)10(17)4-6/h1-2,6-7,9-10,12-17,19-20H,3-4H2. The van der Waals surface area contributed by atoms with Crippen LogP contribution in [0.1, 0.15) is 12.8 Å². The molecule has 0 heterocycles. The Labute approximate surface area is 115 Å². The highest BCUT2D eigenvalue weighted by atomic mass is 16.4. The van der Waals surface area contributed by atoms with Gasteiger partial charge in [0, 0.05) is 11.5 Å². The van der Waals surface area contributed by atoms with Crippen LogP contribution in [0.5, 0.6) is 0 Å². The summed E-state index contributed by atoms with van der Waals surface area (Å²) in [5, 5.41) is 56.8. The van der Waals surface area contributed by atoms with Crippen LogP contribution in [0.15, 0.2) is 23.5 Å². The zero-order valence-corrected chi connectivity index (χ0v) is 10.6. The van der Waals surface area contributed by atoms with Crippen LogP contribution in [0.25, 0.3) is 0 Å². The van der Waals surface area contributed by atoms with Crippen LogP contribution in [-0.4, -0.2) is 66.9 Å². The Morgan fingerprint density at radius 1 is 1.05 bits per heavy atom. The van der Waals surface area contributed by atoms with E-state index >= 15 is 0 Å². The second kappa shape index (κ2) is 5.63. The van der Waals surface area contributed by atoms with Gasteiger partial charge in [0.25, 0.3) is 0 Å². The maximum atomic E-state index is 12.2. The average molecular weight is 286 g/mol. The lowest BCUT2D eigenvalue weighted by molar-refractivity contribution is -0.132. The van der Waals surface area contributed by atoms with Crippen molar-refractivity contribution in [2.75, 3.05) is 0 Å². The summed E-state index contributed by atoms with van der Waals surface area (Å²) in [4.78, 5) is 12.2. The zero-order chi connectivity index (χ0) is 15.0. The van der Waals surface area contributed by atoms with E-state index in [1.807, 2.05) is 0 Å². The van der Waals surface area contributed by atoms with Gasteiger partial charge in [-0.05, 0) is 25.0 Å². The SMILES string of the molecule is O=C(C1=CC(O)C(O)C(O)=C1)C1CC(O)C(O)C(O)C1. The summed E-state index contributed by atoms with van der Waals surface area (Å²) in [6, 6.07) is 0. The molecule has 0 bridgehead atoms. The van der Waals surface area contributed by atoms with Crippen molar-refractivity contribution in [1.82, 2.24) is 0 Å². The molecule has 2 aliphatic carbocycles. The molecule has 6 N–H and O–H groups in total. The maximum Gasteiger partial charge on any atom is 0.166 e. The van der Waals surface area contributed by atoms with E-state index in [1.54, 1.807) is 0 Å². The second-order valence-electron chi connectivity index (χ2n) is 5.28. The number of allylic oxidation sites excluding steroid dienone is 2. The number of aliphatic hydroxyl groups is 6. The third kappa shape index (κ3) is 2.77. The molecule has 2 rings (SSSR count). The Bertz CT molecular complexity index is 444. The molecule has 0 spiro atoms.